The predicted molar refractivity (Wildman–Crippen MR) is 61.2 cm³/mol. The molecule has 1 fully saturated rings. The predicted octanol–water partition coefficient (Wildman–Crippen LogP) is 3.00. The van der Waals surface area contributed by atoms with Gasteiger partial charge >= 0.3 is 6.18 Å². The molecule has 1 amide bonds. The van der Waals surface area contributed by atoms with Crippen LogP contribution in [-0.4, -0.2) is 35.3 Å². The van der Waals surface area contributed by atoms with Crippen LogP contribution in [0.4, 0.5) is 13.2 Å². The molecular weight excluding hydrogens is 271 g/mol. The Morgan fingerprint density at radius 1 is 1.53 bits per heavy atom. The summed E-state index contributed by atoms with van der Waals surface area (Å²) in [5.41, 5.74) is 0. The van der Waals surface area contributed by atoms with E-state index in [0.717, 1.165) is 9.11 Å². The number of hydrogen-bond acceptors (Lipinski definition) is 3. The average molecular weight is 281 g/mol. The zero-order valence-corrected chi connectivity index (χ0v) is 10.4. The number of thiophene rings is 1. The number of halogens is 3. The van der Waals surface area contributed by atoms with Crippen molar-refractivity contribution in [1.82, 2.24) is 4.90 Å². The topological polar surface area (TPSA) is 20.3 Å². The molecule has 17 heavy (non-hydrogen) atoms. The summed E-state index contributed by atoms with van der Waals surface area (Å²) >= 11 is 2.85. The molecule has 0 aromatic carbocycles. The first-order chi connectivity index (χ1) is 7.96. The van der Waals surface area contributed by atoms with Crippen LogP contribution < -0.4 is 0 Å². The Morgan fingerprint density at radius 2 is 2.29 bits per heavy atom. The second-order valence-electron chi connectivity index (χ2n) is 3.70. The molecule has 1 atom stereocenters. The fourth-order valence-electron chi connectivity index (χ4n) is 1.66. The number of rotatable bonds is 3. The van der Waals surface area contributed by atoms with E-state index in [1.165, 1.54) is 23.1 Å². The molecule has 1 aliphatic heterocycles. The highest BCUT2D eigenvalue weighted by Crippen LogP contribution is 2.34. The lowest BCUT2D eigenvalue weighted by Gasteiger charge is -2.18. The maximum atomic E-state index is 12.2. The van der Waals surface area contributed by atoms with Gasteiger partial charge in [-0.15, -0.1) is 23.1 Å². The van der Waals surface area contributed by atoms with Gasteiger partial charge in [-0.05, 0) is 17.9 Å². The molecule has 0 N–H and O–H groups in total. The number of nitrogens with zero attached hydrogens (tertiary/aromatic N) is 1. The number of carbonyl (C=O) groups is 1. The monoisotopic (exact) mass is 281 g/mol. The molecule has 0 spiro atoms. The van der Waals surface area contributed by atoms with E-state index >= 15 is 0 Å². The van der Waals surface area contributed by atoms with E-state index in [1.54, 1.807) is 0 Å². The standard InChI is InChI=1S/C10H10F3NOS2/c11-10(12,13)6-14-4-3-7(9(14)15)17-8-2-1-5-16-8/h1-2,5,7H,3-4,6H2/t7-/m1/s1. The van der Waals surface area contributed by atoms with Crippen molar-refractivity contribution in [3.8, 4) is 0 Å². The van der Waals surface area contributed by atoms with E-state index in [0.29, 0.717) is 6.42 Å². The molecule has 0 aliphatic carbocycles. The largest absolute Gasteiger partial charge is 0.406 e. The van der Waals surface area contributed by atoms with Gasteiger partial charge in [0.15, 0.2) is 0 Å². The number of thioether (sulfide) groups is 1. The summed E-state index contributed by atoms with van der Waals surface area (Å²) in [4.78, 5) is 12.6. The van der Waals surface area contributed by atoms with Crippen LogP contribution >= 0.6 is 23.1 Å². The molecule has 0 saturated carbocycles. The minimum absolute atomic E-state index is 0.196. The molecule has 2 nitrogen and oxygen atoms in total. The van der Waals surface area contributed by atoms with Crippen molar-refractivity contribution in [3.63, 3.8) is 0 Å². The molecule has 1 aromatic rings. The second kappa shape index (κ2) is 4.89. The number of alkyl halides is 3. The van der Waals surface area contributed by atoms with E-state index in [-0.39, 0.29) is 11.8 Å². The van der Waals surface area contributed by atoms with Crippen molar-refractivity contribution in [1.29, 1.82) is 0 Å². The molecule has 1 saturated heterocycles. The van der Waals surface area contributed by atoms with Gasteiger partial charge in [0.05, 0.1) is 9.46 Å². The zero-order valence-electron chi connectivity index (χ0n) is 8.74. The van der Waals surface area contributed by atoms with E-state index in [1.807, 2.05) is 17.5 Å². The first-order valence-electron chi connectivity index (χ1n) is 5.01. The fourth-order valence-corrected chi connectivity index (χ4v) is 3.76. The van der Waals surface area contributed by atoms with Crippen molar-refractivity contribution < 1.29 is 18.0 Å². The van der Waals surface area contributed by atoms with Crippen LogP contribution in [-0.2, 0) is 4.79 Å². The molecule has 1 aromatic heterocycles. The summed E-state index contributed by atoms with van der Waals surface area (Å²) in [5.74, 6) is -0.402. The first kappa shape index (κ1) is 12.8. The quantitative estimate of drug-likeness (QED) is 0.849. The lowest BCUT2D eigenvalue weighted by molar-refractivity contribution is -0.157. The third kappa shape index (κ3) is 3.38. The number of carbonyl (C=O) groups excluding carboxylic acids is 1. The van der Waals surface area contributed by atoms with Crippen molar-refractivity contribution >= 4 is 29.0 Å². The molecule has 1 aliphatic rings. The van der Waals surface area contributed by atoms with E-state index < -0.39 is 18.6 Å². The van der Waals surface area contributed by atoms with Gasteiger partial charge in [-0.1, -0.05) is 6.07 Å². The Hall–Kier alpha value is -0.690. The lowest BCUT2D eigenvalue weighted by Crippen LogP contribution is -2.36. The molecule has 7 heteroatoms. The summed E-state index contributed by atoms with van der Waals surface area (Å²) < 4.78 is 37.5. The Morgan fingerprint density at radius 3 is 2.88 bits per heavy atom. The summed E-state index contributed by atoms with van der Waals surface area (Å²) in [5, 5.41) is 1.52. The van der Waals surface area contributed by atoms with Gasteiger partial charge in [-0.3, -0.25) is 4.79 Å². The Labute approximate surface area is 105 Å². The molecule has 2 heterocycles. The van der Waals surface area contributed by atoms with Gasteiger partial charge in [0.25, 0.3) is 0 Å². The zero-order chi connectivity index (χ0) is 12.5. The summed E-state index contributed by atoms with van der Waals surface area (Å²) in [6.45, 7) is -0.936. The maximum absolute atomic E-state index is 12.2. The van der Waals surface area contributed by atoms with Crippen LogP contribution in [0.5, 0.6) is 0 Å². The number of amides is 1. The van der Waals surface area contributed by atoms with Gasteiger partial charge in [-0.2, -0.15) is 13.2 Å². The van der Waals surface area contributed by atoms with Crippen molar-refractivity contribution in [2.45, 2.75) is 22.1 Å². The van der Waals surface area contributed by atoms with Crippen molar-refractivity contribution in [3.05, 3.63) is 17.5 Å². The molecule has 2 rings (SSSR count). The third-order valence-corrected chi connectivity index (χ3v) is 4.70. The Kier molecular flexibility index (Phi) is 3.67. The van der Waals surface area contributed by atoms with E-state index in [2.05, 4.69) is 0 Å². The fraction of sp³-hybridized carbons (Fsp3) is 0.500. The highest BCUT2D eigenvalue weighted by Gasteiger charge is 2.39. The van der Waals surface area contributed by atoms with Crippen LogP contribution in [0, 0.1) is 0 Å². The van der Waals surface area contributed by atoms with Crippen LogP contribution in [0.1, 0.15) is 6.42 Å². The smallest absolute Gasteiger partial charge is 0.333 e. The number of likely N-dealkylation sites (tertiary alicyclic amines) is 1. The van der Waals surface area contributed by atoms with Crippen LogP contribution in [0.15, 0.2) is 21.7 Å². The van der Waals surface area contributed by atoms with Gasteiger partial charge < -0.3 is 4.90 Å². The van der Waals surface area contributed by atoms with E-state index in [9.17, 15) is 18.0 Å². The lowest BCUT2D eigenvalue weighted by atomic mass is 10.4. The number of hydrogen-bond donors (Lipinski definition) is 0. The molecule has 0 bridgehead atoms. The van der Waals surface area contributed by atoms with Crippen LogP contribution in [0.25, 0.3) is 0 Å². The average Bonchev–Trinajstić information content (AvgIpc) is 2.81. The minimum Gasteiger partial charge on any atom is -0.333 e. The third-order valence-electron chi connectivity index (χ3n) is 2.37. The maximum Gasteiger partial charge on any atom is 0.406 e. The minimum atomic E-state index is -4.31. The molecule has 0 unspecified atom stereocenters. The van der Waals surface area contributed by atoms with E-state index in [4.69, 9.17) is 0 Å². The summed E-state index contributed by atoms with van der Waals surface area (Å²) in [6.07, 6.45) is -3.82. The Balaban J connectivity index is 1.93. The van der Waals surface area contributed by atoms with Gasteiger partial charge in [0, 0.05) is 6.54 Å². The normalized spacial score (nSPS) is 21.2. The summed E-state index contributed by atoms with van der Waals surface area (Å²) in [6, 6.07) is 3.73. The second-order valence-corrected chi connectivity index (χ2v) is 6.15. The van der Waals surface area contributed by atoms with Gasteiger partial charge in [0.2, 0.25) is 5.91 Å². The van der Waals surface area contributed by atoms with Gasteiger partial charge in [-0.25, -0.2) is 0 Å². The van der Waals surface area contributed by atoms with Crippen molar-refractivity contribution in [2.24, 2.45) is 0 Å². The van der Waals surface area contributed by atoms with Crippen LogP contribution in [0.3, 0.4) is 0 Å². The SMILES string of the molecule is O=C1[C@H](Sc2cccs2)CCN1CC(F)(F)F. The molecule has 0 radical (unpaired) electrons. The highest BCUT2D eigenvalue weighted by atomic mass is 32.2. The summed E-state index contributed by atoms with van der Waals surface area (Å²) in [7, 11) is 0. The Bertz CT molecular complexity index is 391. The first-order valence-corrected chi connectivity index (χ1v) is 6.77. The van der Waals surface area contributed by atoms with Crippen LogP contribution in [0.2, 0.25) is 0 Å². The molecule has 94 valence electrons. The van der Waals surface area contributed by atoms with Crippen molar-refractivity contribution in [2.75, 3.05) is 13.1 Å². The van der Waals surface area contributed by atoms with Gasteiger partial charge in [0.1, 0.15) is 6.54 Å². The highest BCUT2D eigenvalue weighted by molar-refractivity contribution is 8.02. The molecular formula is C10H10F3NOS2.